The molecule has 0 radical (unpaired) electrons. The van der Waals surface area contributed by atoms with Gasteiger partial charge in [0.05, 0.1) is 0 Å². The van der Waals surface area contributed by atoms with Crippen LogP contribution in [-0.4, -0.2) is 6.04 Å². The van der Waals surface area contributed by atoms with E-state index in [2.05, 4.69) is 45.9 Å². The molecule has 0 spiro atoms. The summed E-state index contributed by atoms with van der Waals surface area (Å²) in [6.45, 7) is 8.80. The van der Waals surface area contributed by atoms with Crippen molar-refractivity contribution in [2.24, 2.45) is 11.7 Å². The molecule has 0 bridgehead atoms. The number of aryl methyl sites for hydroxylation is 2. The maximum absolute atomic E-state index is 6.22. The Morgan fingerprint density at radius 3 is 2.44 bits per heavy atom. The van der Waals surface area contributed by atoms with E-state index in [1.165, 1.54) is 29.5 Å². The van der Waals surface area contributed by atoms with Crippen molar-refractivity contribution in [2.45, 2.75) is 53.0 Å². The van der Waals surface area contributed by atoms with Gasteiger partial charge in [0.1, 0.15) is 0 Å². The first-order valence-corrected chi connectivity index (χ1v) is 6.36. The van der Waals surface area contributed by atoms with Crippen LogP contribution in [0.3, 0.4) is 0 Å². The summed E-state index contributed by atoms with van der Waals surface area (Å²) in [6, 6.07) is 6.97. The first-order chi connectivity index (χ1) is 7.54. The maximum Gasteiger partial charge on any atom is 0.0105 e. The van der Waals surface area contributed by atoms with Crippen LogP contribution < -0.4 is 5.73 Å². The highest BCUT2D eigenvalue weighted by atomic mass is 14.6. The molecule has 0 aliphatic carbocycles. The second kappa shape index (κ2) is 6.05. The summed E-state index contributed by atoms with van der Waals surface area (Å²) in [4.78, 5) is 0. The maximum atomic E-state index is 6.22. The van der Waals surface area contributed by atoms with Crippen LogP contribution in [0, 0.1) is 19.8 Å². The molecule has 1 aromatic rings. The van der Waals surface area contributed by atoms with Gasteiger partial charge < -0.3 is 5.73 Å². The van der Waals surface area contributed by atoms with Crippen molar-refractivity contribution in [3.05, 3.63) is 34.9 Å². The van der Waals surface area contributed by atoms with Gasteiger partial charge in [-0.25, -0.2) is 0 Å². The second-order valence-corrected chi connectivity index (χ2v) is 5.05. The Morgan fingerprint density at radius 1 is 1.19 bits per heavy atom. The average Bonchev–Trinajstić information content (AvgIpc) is 2.24. The molecule has 0 saturated carbocycles. The number of hydrogen-bond acceptors (Lipinski definition) is 1. The minimum absolute atomic E-state index is 0.294. The molecule has 1 nitrogen and oxygen atoms in total. The molecule has 0 aliphatic rings. The number of hydrogen-bond donors (Lipinski definition) is 1. The fourth-order valence-electron chi connectivity index (χ4n) is 2.07. The van der Waals surface area contributed by atoms with Crippen molar-refractivity contribution < 1.29 is 0 Å². The van der Waals surface area contributed by atoms with Crippen molar-refractivity contribution in [1.29, 1.82) is 0 Å². The molecule has 2 N–H and O–H groups in total. The van der Waals surface area contributed by atoms with E-state index in [0.717, 1.165) is 6.42 Å². The Balaban J connectivity index is 2.62. The average molecular weight is 219 g/mol. The zero-order valence-corrected chi connectivity index (χ0v) is 11.1. The van der Waals surface area contributed by atoms with E-state index in [1.54, 1.807) is 0 Å². The van der Waals surface area contributed by atoms with E-state index in [1.807, 2.05) is 0 Å². The lowest BCUT2D eigenvalue weighted by molar-refractivity contribution is 0.420. The summed E-state index contributed by atoms with van der Waals surface area (Å²) in [5.74, 6) is 0.617. The summed E-state index contributed by atoms with van der Waals surface area (Å²) in [6.07, 6.45) is 3.45. The highest BCUT2D eigenvalue weighted by molar-refractivity contribution is 5.30. The molecular weight excluding hydrogens is 194 g/mol. The first kappa shape index (κ1) is 13.2. The summed E-state index contributed by atoms with van der Waals surface area (Å²) in [7, 11) is 0. The SMILES string of the molecule is CCCC(C)C(N)Cc1ccc(C)c(C)c1. The summed E-state index contributed by atoms with van der Waals surface area (Å²) < 4.78 is 0. The minimum Gasteiger partial charge on any atom is -0.327 e. The third kappa shape index (κ3) is 3.64. The van der Waals surface area contributed by atoms with E-state index in [4.69, 9.17) is 5.73 Å². The lowest BCUT2D eigenvalue weighted by atomic mass is 9.91. The molecule has 0 amide bonds. The van der Waals surface area contributed by atoms with Crippen molar-refractivity contribution in [3.63, 3.8) is 0 Å². The Kier molecular flexibility index (Phi) is 5.01. The zero-order valence-electron chi connectivity index (χ0n) is 11.1. The molecule has 0 aliphatic heterocycles. The van der Waals surface area contributed by atoms with Crippen LogP contribution in [0.25, 0.3) is 0 Å². The Hall–Kier alpha value is -0.820. The van der Waals surface area contributed by atoms with Crippen LogP contribution in [-0.2, 0) is 6.42 Å². The molecule has 16 heavy (non-hydrogen) atoms. The predicted octanol–water partition coefficient (Wildman–Crippen LogP) is 3.61. The monoisotopic (exact) mass is 219 g/mol. The molecule has 90 valence electrons. The summed E-state index contributed by atoms with van der Waals surface area (Å²) in [5.41, 5.74) is 10.3. The van der Waals surface area contributed by atoms with Crippen molar-refractivity contribution >= 4 is 0 Å². The van der Waals surface area contributed by atoms with Crippen LogP contribution in [0.1, 0.15) is 43.4 Å². The fraction of sp³-hybridized carbons (Fsp3) is 0.600. The molecule has 0 heterocycles. The van der Waals surface area contributed by atoms with Gasteiger partial charge in [-0.2, -0.15) is 0 Å². The van der Waals surface area contributed by atoms with Gasteiger partial charge in [0.15, 0.2) is 0 Å². The molecular formula is C15H25N. The van der Waals surface area contributed by atoms with Gasteiger partial charge in [-0.05, 0) is 49.3 Å². The van der Waals surface area contributed by atoms with Crippen LogP contribution in [0.2, 0.25) is 0 Å². The predicted molar refractivity (Wildman–Crippen MR) is 71.7 cm³/mol. The lowest BCUT2D eigenvalue weighted by Gasteiger charge is -2.19. The molecule has 1 aromatic carbocycles. The van der Waals surface area contributed by atoms with Crippen molar-refractivity contribution in [3.8, 4) is 0 Å². The number of nitrogens with two attached hydrogens (primary N) is 1. The topological polar surface area (TPSA) is 26.0 Å². The van der Waals surface area contributed by atoms with Gasteiger partial charge in [0.25, 0.3) is 0 Å². The fourth-order valence-corrected chi connectivity index (χ4v) is 2.07. The Bertz CT molecular complexity index is 330. The standard InChI is InChI=1S/C15H25N/c1-5-6-12(3)15(16)10-14-8-7-11(2)13(4)9-14/h7-9,12,15H,5-6,10,16H2,1-4H3. The molecule has 0 fully saturated rings. The summed E-state index contributed by atoms with van der Waals surface area (Å²) >= 11 is 0. The lowest BCUT2D eigenvalue weighted by Crippen LogP contribution is -2.30. The van der Waals surface area contributed by atoms with Gasteiger partial charge in [-0.1, -0.05) is 38.5 Å². The van der Waals surface area contributed by atoms with Crippen LogP contribution in [0.5, 0.6) is 0 Å². The Morgan fingerprint density at radius 2 is 1.88 bits per heavy atom. The highest BCUT2D eigenvalue weighted by Gasteiger charge is 2.12. The van der Waals surface area contributed by atoms with Gasteiger partial charge in [-0.15, -0.1) is 0 Å². The van der Waals surface area contributed by atoms with Crippen molar-refractivity contribution in [1.82, 2.24) is 0 Å². The third-order valence-corrected chi connectivity index (χ3v) is 3.52. The van der Waals surface area contributed by atoms with E-state index >= 15 is 0 Å². The van der Waals surface area contributed by atoms with Gasteiger partial charge in [0.2, 0.25) is 0 Å². The molecule has 2 unspecified atom stereocenters. The van der Waals surface area contributed by atoms with Gasteiger partial charge in [-0.3, -0.25) is 0 Å². The Labute approximate surface area is 100 Å². The van der Waals surface area contributed by atoms with E-state index in [9.17, 15) is 0 Å². The van der Waals surface area contributed by atoms with E-state index in [-0.39, 0.29) is 0 Å². The second-order valence-electron chi connectivity index (χ2n) is 5.05. The summed E-state index contributed by atoms with van der Waals surface area (Å²) in [5, 5.41) is 0. The number of benzene rings is 1. The quantitative estimate of drug-likeness (QED) is 0.804. The first-order valence-electron chi connectivity index (χ1n) is 6.36. The van der Waals surface area contributed by atoms with E-state index in [0.29, 0.717) is 12.0 Å². The minimum atomic E-state index is 0.294. The van der Waals surface area contributed by atoms with Crippen molar-refractivity contribution in [2.75, 3.05) is 0 Å². The molecule has 1 heteroatoms. The van der Waals surface area contributed by atoms with Gasteiger partial charge in [0, 0.05) is 6.04 Å². The number of rotatable bonds is 5. The smallest absolute Gasteiger partial charge is 0.0105 e. The zero-order chi connectivity index (χ0) is 12.1. The van der Waals surface area contributed by atoms with E-state index < -0.39 is 0 Å². The van der Waals surface area contributed by atoms with Crippen LogP contribution >= 0.6 is 0 Å². The van der Waals surface area contributed by atoms with Gasteiger partial charge >= 0.3 is 0 Å². The molecule has 0 saturated heterocycles. The van der Waals surface area contributed by atoms with Crippen LogP contribution in [0.15, 0.2) is 18.2 Å². The highest BCUT2D eigenvalue weighted by Crippen LogP contribution is 2.16. The molecule has 1 rings (SSSR count). The molecule has 2 atom stereocenters. The normalized spacial score (nSPS) is 14.8. The molecule has 0 aromatic heterocycles. The largest absolute Gasteiger partial charge is 0.327 e. The third-order valence-electron chi connectivity index (χ3n) is 3.52. The van der Waals surface area contributed by atoms with Crippen LogP contribution in [0.4, 0.5) is 0 Å².